The molecule has 0 aliphatic heterocycles. The Hall–Kier alpha value is 1.75. The van der Waals surface area contributed by atoms with Gasteiger partial charge in [0.05, 0.1) is 0 Å². The van der Waals surface area contributed by atoms with E-state index in [-0.39, 0.29) is 57.1 Å². The number of hydrogen-bond donors (Lipinski definition) is 0. The summed E-state index contributed by atoms with van der Waals surface area (Å²) in [7, 11) is 0. The molecule has 0 aromatic rings. The van der Waals surface area contributed by atoms with Crippen molar-refractivity contribution >= 4 is 11.1 Å². The molecule has 0 heterocycles. The van der Waals surface area contributed by atoms with Crippen molar-refractivity contribution in [1.82, 2.24) is 0 Å². The van der Waals surface area contributed by atoms with Gasteiger partial charge in [0.25, 0.3) is 0 Å². The summed E-state index contributed by atoms with van der Waals surface area (Å²) in [5, 5.41) is 0. The maximum absolute atomic E-state index is 9.37. The molecule has 0 spiro atoms. The van der Waals surface area contributed by atoms with Crippen molar-refractivity contribution in [3.05, 3.63) is 0 Å². The van der Waals surface area contributed by atoms with Crippen molar-refractivity contribution in [1.29, 1.82) is 0 Å². The zero-order valence-corrected chi connectivity index (χ0v) is 7.87. The van der Waals surface area contributed by atoms with Crippen LogP contribution in [0.25, 0.3) is 0 Å². The Morgan fingerprint density at radius 1 is 1.83 bits per heavy atom. The Bertz CT molecular complexity index is 46.8. The van der Waals surface area contributed by atoms with Crippen LogP contribution in [0.4, 0.5) is 0 Å². The molecular weight excluding hydrogens is 127 g/mol. The quantitative estimate of drug-likeness (QED) is 0.280. The van der Waals surface area contributed by atoms with Crippen molar-refractivity contribution in [2.75, 3.05) is 5.75 Å². The normalized spacial score (nSPS) is 12.3. The second kappa shape index (κ2) is 6.75. The third kappa shape index (κ3) is 9.22. The minimum Gasteiger partial charge on any atom is -0.772 e. The summed E-state index contributed by atoms with van der Waals surface area (Å²) < 4.78 is 18.7. The summed E-state index contributed by atoms with van der Waals surface area (Å²) >= 11 is -1.82. The molecule has 2 nitrogen and oxygen atoms in total. The number of hydrogen-bond acceptors (Lipinski definition) is 2. The molecule has 1 unspecified atom stereocenters. The molecule has 0 N–H and O–H groups in total. The van der Waals surface area contributed by atoms with E-state index in [1.165, 1.54) is 0 Å². The van der Waals surface area contributed by atoms with Crippen LogP contribution >= 0.6 is 0 Å². The summed E-state index contributed by atoms with van der Waals surface area (Å²) in [5.74, 6) is 0.222. The Morgan fingerprint density at radius 2 is 2.00 bits per heavy atom. The molecule has 0 saturated heterocycles. The van der Waals surface area contributed by atoms with Crippen LogP contribution in [-0.4, -0.2) is 14.5 Å². The summed E-state index contributed by atoms with van der Waals surface area (Å²) in [6.45, 7) is 1.59. The second-order valence-electron chi connectivity index (χ2n) is 0.592. The van der Waals surface area contributed by atoms with Crippen molar-refractivity contribution in [3.63, 3.8) is 0 Å². The van der Waals surface area contributed by atoms with Gasteiger partial charge in [-0.05, 0) is 0 Å². The van der Waals surface area contributed by atoms with Crippen LogP contribution in [0.15, 0.2) is 0 Å². The standard InChI is InChI=1S/C2H6O2S.K/c1-2-5(3)4;/h2H2,1H3,(H,3,4);/q;+1/p-1. The smallest absolute Gasteiger partial charge is 0.772 e. The van der Waals surface area contributed by atoms with Crippen LogP contribution < -0.4 is 51.4 Å². The molecule has 32 valence electrons. The summed E-state index contributed by atoms with van der Waals surface area (Å²) in [6, 6.07) is 0. The van der Waals surface area contributed by atoms with E-state index in [0.29, 0.717) is 0 Å². The van der Waals surface area contributed by atoms with Gasteiger partial charge in [-0.2, -0.15) is 0 Å². The van der Waals surface area contributed by atoms with E-state index in [0.717, 1.165) is 0 Å². The average Bonchev–Trinajstić information content (AvgIpc) is 1.38. The Kier molecular flexibility index (Phi) is 12.0. The molecule has 6 heavy (non-hydrogen) atoms. The first-order valence-electron chi connectivity index (χ1n) is 1.33. The van der Waals surface area contributed by atoms with Crippen LogP contribution in [0.1, 0.15) is 6.92 Å². The van der Waals surface area contributed by atoms with Crippen LogP contribution in [-0.2, 0) is 11.1 Å². The summed E-state index contributed by atoms with van der Waals surface area (Å²) in [4.78, 5) is 0. The largest absolute Gasteiger partial charge is 1.00 e. The van der Waals surface area contributed by atoms with Gasteiger partial charge in [-0.15, -0.1) is 0 Å². The molecule has 0 saturated carbocycles. The van der Waals surface area contributed by atoms with Gasteiger partial charge < -0.3 is 4.55 Å². The fraction of sp³-hybridized carbons (Fsp3) is 1.00. The van der Waals surface area contributed by atoms with Crippen LogP contribution in [0.5, 0.6) is 0 Å². The second-order valence-corrected chi connectivity index (χ2v) is 1.78. The van der Waals surface area contributed by atoms with Crippen molar-refractivity contribution < 1.29 is 60.1 Å². The molecule has 0 radical (unpaired) electrons. The van der Waals surface area contributed by atoms with Crippen molar-refractivity contribution in [3.8, 4) is 0 Å². The first-order chi connectivity index (χ1) is 2.27. The van der Waals surface area contributed by atoms with Gasteiger partial charge in [0, 0.05) is 5.75 Å². The van der Waals surface area contributed by atoms with Gasteiger partial charge in [0.2, 0.25) is 0 Å². The third-order valence-electron chi connectivity index (χ3n) is 0.236. The maximum atomic E-state index is 9.37. The topological polar surface area (TPSA) is 40.1 Å². The third-order valence-corrected chi connectivity index (χ3v) is 0.707. The first kappa shape index (κ1) is 10.7. The molecule has 0 fully saturated rings. The molecule has 0 amide bonds. The fourth-order valence-electron chi connectivity index (χ4n) is 0. The van der Waals surface area contributed by atoms with E-state index in [1.807, 2.05) is 0 Å². The van der Waals surface area contributed by atoms with Crippen LogP contribution in [0.2, 0.25) is 0 Å². The van der Waals surface area contributed by atoms with Gasteiger partial charge in [0.15, 0.2) is 0 Å². The van der Waals surface area contributed by atoms with Gasteiger partial charge >= 0.3 is 51.4 Å². The summed E-state index contributed by atoms with van der Waals surface area (Å²) in [5.41, 5.74) is 0. The summed E-state index contributed by atoms with van der Waals surface area (Å²) in [6.07, 6.45) is 0. The average molecular weight is 132 g/mol. The molecular formula is C2H5KO2S. The zero-order valence-electron chi connectivity index (χ0n) is 3.93. The molecule has 1 atom stereocenters. The maximum Gasteiger partial charge on any atom is 1.00 e. The van der Waals surface area contributed by atoms with Crippen LogP contribution in [0.3, 0.4) is 0 Å². The van der Waals surface area contributed by atoms with Gasteiger partial charge in [0.1, 0.15) is 0 Å². The van der Waals surface area contributed by atoms with Gasteiger partial charge in [-0.3, -0.25) is 4.21 Å². The SMILES string of the molecule is CCS(=O)[O-].[K+]. The van der Waals surface area contributed by atoms with E-state index in [1.54, 1.807) is 6.92 Å². The van der Waals surface area contributed by atoms with E-state index >= 15 is 0 Å². The molecule has 0 aliphatic rings. The van der Waals surface area contributed by atoms with Gasteiger partial charge in [-0.1, -0.05) is 18.0 Å². The molecule has 0 aliphatic carbocycles. The van der Waals surface area contributed by atoms with Crippen molar-refractivity contribution in [2.24, 2.45) is 0 Å². The Morgan fingerprint density at radius 3 is 2.00 bits per heavy atom. The minimum atomic E-state index is -1.82. The first-order valence-corrected chi connectivity index (χ1v) is 2.57. The van der Waals surface area contributed by atoms with E-state index in [2.05, 4.69) is 0 Å². The molecule has 0 aromatic heterocycles. The Balaban J connectivity index is 0. The number of rotatable bonds is 1. The molecule has 4 heteroatoms. The predicted octanol–water partition coefficient (Wildman–Crippen LogP) is -3.11. The predicted molar refractivity (Wildman–Crippen MR) is 19.5 cm³/mol. The van der Waals surface area contributed by atoms with Crippen LogP contribution in [0, 0.1) is 0 Å². The molecule has 0 aromatic carbocycles. The minimum absolute atomic E-state index is 0. The zero-order chi connectivity index (χ0) is 4.28. The van der Waals surface area contributed by atoms with Crippen molar-refractivity contribution in [2.45, 2.75) is 6.92 Å². The molecule has 0 rings (SSSR count). The fourth-order valence-corrected chi connectivity index (χ4v) is 0. The van der Waals surface area contributed by atoms with E-state index in [9.17, 15) is 8.76 Å². The molecule has 0 bridgehead atoms. The monoisotopic (exact) mass is 132 g/mol. The Labute approximate surface area is 82.4 Å². The van der Waals surface area contributed by atoms with Gasteiger partial charge in [-0.25, -0.2) is 0 Å². The van der Waals surface area contributed by atoms with E-state index in [4.69, 9.17) is 0 Å². The van der Waals surface area contributed by atoms with E-state index < -0.39 is 11.1 Å².